The number of nitrogens with one attached hydrogen (secondary N) is 1. The van der Waals surface area contributed by atoms with Crippen molar-refractivity contribution in [3.63, 3.8) is 0 Å². The summed E-state index contributed by atoms with van der Waals surface area (Å²) < 4.78 is 82.4. The summed E-state index contributed by atoms with van der Waals surface area (Å²) in [6.07, 6.45) is -8.13. The molecule has 12 heteroatoms. The fourth-order valence-corrected chi connectivity index (χ4v) is 3.77. The van der Waals surface area contributed by atoms with Crippen molar-refractivity contribution in [2.75, 3.05) is 10.2 Å². The summed E-state index contributed by atoms with van der Waals surface area (Å²) in [6.45, 7) is 0. The minimum absolute atomic E-state index is 0.0973. The predicted octanol–water partition coefficient (Wildman–Crippen LogP) is 7.22. The zero-order chi connectivity index (χ0) is 26.1. The molecule has 0 spiro atoms. The van der Waals surface area contributed by atoms with Gasteiger partial charge < -0.3 is 14.8 Å². The molecule has 0 radical (unpaired) electrons. The highest BCUT2D eigenvalue weighted by Gasteiger charge is 2.36. The monoisotopic (exact) mass is 528 g/mol. The third-order valence-corrected chi connectivity index (χ3v) is 5.19. The van der Waals surface area contributed by atoms with E-state index in [0.717, 1.165) is 24.3 Å². The SMILES string of the molecule is O=C1C(Nc2ccc(OC(F)(F)F)cc2)=CC(c2cccc(Cl)c2)N1c1ccc(OC(F)(F)F)cc1. The van der Waals surface area contributed by atoms with Crippen LogP contribution in [0.1, 0.15) is 11.6 Å². The van der Waals surface area contributed by atoms with Gasteiger partial charge in [0.25, 0.3) is 5.91 Å². The fraction of sp³-hybridized carbons (Fsp3) is 0.125. The lowest BCUT2D eigenvalue weighted by molar-refractivity contribution is -0.275. The highest BCUT2D eigenvalue weighted by molar-refractivity contribution is 6.30. The lowest BCUT2D eigenvalue weighted by atomic mass is 10.1. The van der Waals surface area contributed by atoms with E-state index in [1.54, 1.807) is 30.3 Å². The van der Waals surface area contributed by atoms with Crippen LogP contribution in [0.4, 0.5) is 37.7 Å². The molecule has 0 bridgehead atoms. The number of rotatable bonds is 6. The Kier molecular flexibility index (Phi) is 6.77. The van der Waals surface area contributed by atoms with Crippen molar-refractivity contribution in [1.29, 1.82) is 0 Å². The zero-order valence-electron chi connectivity index (χ0n) is 17.9. The maximum absolute atomic E-state index is 13.3. The number of hydrogen-bond donors (Lipinski definition) is 1. The van der Waals surface area contributed by atoms with Gasteiger partial charge in [0, 0.05) is 16.4 Å². The third-order valence-electron chi connectivity index (χ3n) is 4.96. The van der Waals surface area contributed by atoms with Gasteiger partial charge in [0.2, 0.25) is 0 Å². The average Bonchev–Trinajstić information content (AvgIpc) is 3.10. The van der Waals surface area contributed by atoms with Crippen LogP contribution in [0.15, 0.2) is 84.6 Å². The van der Waals surface area contributed by atoms with Crippen molar-refractivity contribution in [3.8, 4) is 11.5 Å². The fourth-order valence-electron chi connectivity index (χ4n) is 3.57. The minimum Gasteiger partial charge on any atom is -0.406 e. The molecular formula is C24H15ClF6N2O3. The van der Waals surface area contributed by atoms with E-state index >= 15 is 0 Å². The molecule has 5 nitrogen and oxygen atoms in total. The molecule has 1 N–H and O–H groups in total. The molecule has 1 atom stereocenters. The van der Waals surface area contributed by atoms with Crippen LogP contribution >= 0.6 is 11.6 Å². The first-order valence-corrected chi connectivity index (χ1v) is 10.6. The van der Waals surface area contributed by atoms with E-state index in [1.165, 1.54) is 29.2 Å². The van der Waals surface area contributed by atoms with Crippen molar-refractivity contribution >= 4 is 28.9 Å². The Bertz CT molecular complexity index is 1270. The van der Waals surface area contributed by atoms with Gasteiger partial charge in [-0.2, -0.15) is 0 Å². The molecule has 3 aromatic carbocycles. The molecule has 1 aliphatic heterocycles. The number of alkyl halides is 6. The molecule has 188 valence electrons. The summed E-state index contributed by atoms with van der Waals surface area (Å²) in [5.74, 6) is -1.41. The highest BCUT2D eigenvalue weighted by Crippen LogP contribution is 2.38. The van der Waals surface area contributed by atoms with Gasteiger partial charge in [-0.3, -0.25) is 9.69 Å². The molecule has 1 heterocycles. The van der Waals surface area contributed by atoms with E-state index in [0.29, 0.717) is 16.3 Å². The first-order chi connectivity index (χ1) is 16.9. The summed E-state index contributed by atoms with van der Waals surface area (Å²) >= 11 is 6.11. The second kappa shape index (κ2) is 9.65. The van der Waals surface area contributed by atoms with Crippen LogP contribution in [0.5, 0.6) is 11.5 Å². The lowest BCUT2D eigenvalue weighted by Crippen LogP contribution is -2.30. The second-order valence-corrected chi connectivity index (χ2v) is 7.93. The van der Waals surface area contributed by atoms with Crippen molar-refractivity contribution in [3.05, 3.63) is 95.2 Å². The Morgan fingerprint density at radius 2 is 1.36 bits per heavy atom. The molecule has 1 unspecified atom stereocenters. The van der Waals surface area contributed by atoms with Gasteiger partial charge in [-0.25, -0.2) is 0 Å². The summed E-state index contributed by atoms with van der Waals surface area (Å²) in [6, 6.07) is 15.5. The van der Waals surface area contributed by atoms with Crippen molar-refractivity contribution in [2.24, 2.45) is 0 Å². The Morgan fingerprint density at radius 3 is 1.89 bits per heavy atom. The number of carbonyl (C=O) groups excluding carboxylic acids is 1. The number of amides is 1. The lowest BCUT2D eigenvalue weighted by Gasteiger charge is -2.25. The topological polar surface area (TPSA) is 50.8 Å². The molecule has 4 rings (SSSR count). The van der Waals surface area contributed by atoms with Gasteiger partial charge in [0.05, 0.1) is 6.04 Å². The number of carbonyl (C=O) groups is 1. The van der Waals surface area contributed by atoms with E-state index in [1.807, 2.05) is 0 Å². The second-order valence-electron chi connectivity index (χ2n) is 7.49. The van der Waals surface area contributed by atoms with Gasteiger partial charge in [-0.05, 0) is 72.3 Å². The summed E-state index contributed by atoms with van der Waals surface area (Å²) in [4.78, 5) is 14.7. The Hall–Kier alpha value is -3.86. The van der Waals surface area contributed by atoms with Crippen LogP contribution in [0, 0.1) is 0 Å². The van der Waals surface area contributed by atoms with Crippen LogP contribution in [-0.2, 0) is 4.79 Å². The largest absolute Gasteiger partial charge is 0.573 e. The van der Waals surface area contributed by atoms with Gasteiger partial charge >= 0.3 is 12.7 Å². The van der Waals surface area contributed by atoms with E-state index in [2.05, 4.69) is 14.8 Å². The summed E-state index contributed by atoms with van der Waals surface area (Å²) in [5.41, 5.74) is 1.31. The van der Waals surface area contributed by atoms with Gasteiger partial charge in [-0.1, -0.05) is 23.7 Å². The maximum Gasteiger partial charge on any atom is 0.573 e. The van der Waals surface area contributed by atoms with Gasteiger partial charge in [-0.15, -0.1) is 26.3 Å². The number of benzene rings is 3. The van der Waals surface area contributed by atoms with E-state index in [-0.39, 0.29) is 11.4 Å². The number of hydrogen-bond acceptors (Lipinski definition) is 4. The van der Waals surface area contributed by atoms with E-state index in [4.69, 9.17) is 11.6 Å². The molecule has 0 saturated carbocycles. The molecule has 0 saturated heterocycles. The molecule has 0 aliphatic carbocycles. The highest BCUT2D eigenvalue weighted by atomic mass is 35.5. The summed E-state index contributed by atoms with van der Waals surface area (Å²) in [5, 5.41) is 3.27. The van der Waals surface area contributed by atoms with Crippen LogP contribution in [-0.4, -0.2) is 18.6 Å². The van der Waals surface area contributed by atoms with Crippen molar-refractivity contribution in [2.45, 2.75) is 18.8 Å². The average molecular weight is 529 g/mol. The quantitative estimate of drug-likeness (QED) is 0.343. The Morgan fingerprint density at radius 1 is 0.806 bits per heavy atom. The number of ether oxygens (including phenoxy) is 2. The maximum atomic E-state index is 13.3. The van der Waals surface area contributed by atoms with E-state index in [9.17, 15) is 31.1 Å². The predicted molar refractivity (Wildman–Crippen MR) is 120 cm³/mol. The van der Waals surface area contributed by atoms with Crippen LogP contribution < -0.4 is 19.7 Å². The van der Waals surface area contributed by atoms with Crippen molar-refractivity contribution in [1.82, 2.24) is 0 Å². The first kappa shape index (κ1) is 25.2. The van der Waals surface area contributed by atoms with Crippen LogP contribution in [0.3, 0.4) is 0 Å². The standard InChI is InChI=1S/C24H15ClF6N2O3/c25-15-3-1-2-14(12-15)21-13-20(32-16-4-8-18(9-5-16)35-23(26,27)28)22(34)33(21)17-6-10-19(11-7-17)36-24(29,30)31/h1-13,21,32H. The number of nitrogens with zero attached hydrogens (tertiary/aromatic N) is 1. The molecular weight excluding hydrogens is 514 g/mol. The van der Waals surface area contributed by atoms with Crippen molar-refractivity contribution < 1.29 is 40.6 Å². The molecule has 0 fully saturated rings. The van der Waals surface area contributed by atoms with E-state index < -0.39 is 36.2 Å². The minimum atomic E-state index is -4.87. The Balaban J connectivity index is 1.62. The number of anilines is 2. The first-order valence-electron chi connectivity index (χ1n) is 10.2. The van der Waals surface area contributed by atoms with Gasteiger partial charge in [0.15, 0.2) is 0 Å². The van der Waals surface area contributed by atoms with Gasteiger partial charge in [0.1, 0.15) is 17.2 Å². The molecule has 1 aliphatic rings. The normalized spacial score (nSPS) is 16.1. The van der Waals surface area contributed by atoms with Crippen LogP contribution in [0.25, 0.3) is 0 Å². The zero-order valence-corrected chi connectivity index (χ0v) is 18.7. The number of halogens is 7. The third kappa shape index (κ3) is 6.22. The molecule has 36 heavy (non-hydrogen) atoms. The van der Waals surface area contributed by atoms with Crippen LogP contribution in [0.2, 0.25) is 5.02 Å². The molecule has 3 aromatic rings. The summed E-state index contributed by atoms with van der Waals surface area (Å²) in [7, 11) is 0. The Labute approximate surface area is 205 Å². The smallest absolute Gasteiger partial charge is 0.406 e. The molecule has 1 amide bonds. The molecule has 0 aromatic heterocycles.